The van der Waals surface area contributed by atoms with Crippen LogP contribution in [0.2, 0.25) is 0 Å². The minimum atomic E-state index is 0.233. The van der Waals surface area contributed by atoms with Gasteiger partial charge in [0.15, 0.2) is 0 Å². The molecular weight excluding hydrogens is 214 g/mol. The highest BCUT2D eigenvalue weighted by Crippen LogP contribution is 2.42. The Hall–Kier alpha value is -0.630. The summed E-state index contributed by atoms with van der Waals surface area (Å²) in [7, 11) is 0. The van der Waals surface area contributed by atoms with E-state index in [0.29, 0.717) is 4.75 Å². The van der Waals surface area contributed by atoms with Crippen molar-refractivity contribution in [1.29, 1.82) is 0 Å². The van der Waals surface area contributed by atoms with Crippen molar-refractivity contribution in [3.63, 3.8) is 0 Å². The van der Waals surface area contributed by atoms with Crippen LogP contribution < -0.4 is 5.32 Å². The van der Waals surface area contributed by atoms with Crippen LogP contribution in [0, 0.1) is 0 Å². The SMILES string of the molecule is CC1(C)CNc2ccc(C(C)(C)C)cc2S1. The molecule has 0 bridgehead atoms. The average Bonchev–Trinajstić information content (AvgIpc) is 2.13. The number of nitrogens with one attached hydrogen (secondary N) is 1. The zero-order chi connectivity index (χ0) is 12.0. The molecule has 16 heavy (non-hydrogen) atoms. The van der Waals surface area contributed by atoms with Crippen LogP contribution in [0.3, 0.4) is 0 Å². The molecule has 1 aromatic rings. The molecule has 1 heterocycles. The first-order valence-electron chi connectivity index (χ1n) is 5.85. The molecule has 1 aliphatic heterocycles. The normalized spacial score (nSPS) is 18.8. The van der Waals surface area contributed by atoms with Crippen molar-refractivity contribution >= 4 is 17.4 Å². The lowest BCUT2D eigenvalue weighted by molar-refractivity contribution is 0.588. The van der Waals surface area contributed by atoms with Gasteiger partial charge in [-0.1, -0.05) is 26.8 Å². The largest absolute Gasteiger partial charge is 0.383 e. The molecule has 1 N–H and O–H groups in total. The summed E-state index contributed by atoms with van der Waals surface area (Å²) in [5, 5.41) is 3.51. The number of fused-ring (bicyclic) bond motifs is 1. The Morgan fingerprint density at radius 1 is 1.25 bits per heavy atom. The Bertz CT molecular complexity index is 402. The van der Waals surface area contributed by atoms with Crippen LogP contribution in [0.15, 0.2) is 23.1 Å². The van der Waals surface area contributed by atoms with Gasteiger partial charge in [-0.3, -0.25) is 0 Å². The molecule has 0 aliphatic carbocycles. The van der Waals surface area contributed by atoms with Gasteiger partial charge in [0.25, 0.3) is 0 Å². The quantitative estimate of drug-likeness (QED) is 0.720. The Balaban J connectivity index is 2.39. The number of hydrogen-bond donors (Lipinski definition) is 1. The second kappa shape index (κ2) is 3.69. The fraction of sp³-hybridized carbons (Fsp3) is 0.571. The molecule has 1 nitrogen and oxygen atoms in total. The first-order valence-corrected chi connectivity index (χ1v) is 6.67. The van der Waals surface area contributed by atoms with Gasteiger partial charge in [0, 0.05) is 21.9 Å². The molecule has 2 rings (SSSR count). The molecule has 2 heteroatoms. The van der Waals surface area contributed by atoms with E-state index in [9.17, 15) is 0 Å². The maximum absolute atomic E-state index is 3.51. The first kappa shape index (κ1) is 11.8. The molecule has 0 fully saturated rings. The number of hydrogen-bond acceptors (Lipinski definition) is 2. The zero-order valence-corrected chi connectivity index (χ0v) is 11.7. The standard InChI is InChI=1S/C14H21NS/c1-13(2,3)10-6-7-11-12(8-10)16-14(4,5)9-15-11/h6-8,15H,9H2,1-5H3. The van der Waals surface area contributed by atoms with Crippen LogP contribution in [0.4, 0.5) is 5.69 Å². The van der Waals surface area contributed by atoms with Crippen LogP contribution in [-0.2, 0) is 5.41 Å². The predicted octanol–water partition coefficient (Wildman–Crippen LogP) is 4.28. The van der Waals surface area contributed by atoms with Crippen LogP contribution in [-0.4, -0.2) is 11.3 Å². The Labute approximate surface area is 103 Å². The molecule has 0 atom stereocenters. The summed E-state index contributed by atoms with van der Waals surface area (Å²) in [4.78, 5) is 1.39. The maximum Gasteiger partial charge on any atom is 0.0479 e. The van der Waals surface area contributed by atoms with Crippen molar-refractivity contribution < 1.29 is 0 Å². The number of rotatable bonds is 0. The van der Waals surface area contributed by atoms with Crippen molar-refractivity contribution in [3.8, 4) is 0 Å². The number of benzene rings is 1. The highest BCUT2D eigenvalue weighted by atomic mass is 32.2. The van der Waals surface area contributed by atoms with E-state index >= 15 is 0 Å². The highest BCUT2D eigenvalue weighted by Gasteiger charge is 2.26. The summed E-state index contributed by atoms with van der Waals surface area (Å²) in [5.41, 5.74) is 2.94. The molecule has 0 saturated heterocycles. The molecule has 1 aliphatic rings. The Morgan fingerprint density at radius 2 is 1.94 bits per heavy atom. The zero-order valence-electron chi connectivity index (χ0n) is 10.8. The van der Waals surface area contributed by atoms with Gasteiger partial charge in [0.1, 0.15) is 0 Å². The van der Waals surface area contributed by atoms with Gasteiger partial charge >= 0.3 is 0 Å². The van der Waals surface area contributed by atoms with Crippen molar-refractivity contribution in [3.05, 3.63) is 23.8 Å². The molecule has 0 saturated carbocycles. The summed E-state index contributed by atoms with van der Waals surface area (Å²) in [5.74, 6) is 0. The van der Waals surface area contributed by atoms with E-state index in [1.54, 1.807) is 0 Å². The summed E-state index contributed by atoms with van der Waals surface area (Å²) < 4.78 is 0.295. The van der Waals surface area contributed by atoms with Crippen molar-refractivity contribution in [2.75, 3.05) is 11.9 Å². The molecule has 88 valence electrons. The smallest absolute Gasteiger partial charge is 0.0479 e. The van der Waals surface area contributed by atoms with E-state index in [0.717, 1.165) is 6.54 Å². The molecule has 1 aromatic carbocycles. The van der Waals surface area contributed by atoms with Crippen LogP contribution >= 0.6 is 11.8 Å². The fourth-order valence-corrected chi connectivity index (χ4v) is 3.04. The minimum Gasteiger partial charge on any atom is -0.383 e. The van der Waals surface area contributed by atoms with Gasteiger partial charge in [0.2, 0.25) is 0 Å². The van der Waals surface area contributed by atoms with Gasteiger partial charge in [-0.15, -0.1) is 11.8 Å². The summed E-state index contributed by atoms with van der Waals surface area (Å²) in [6, 6.07) is 6.80. The molecule has 0 aromatic heterocycles. The minimum absolute atomic E-state index is 0.233. The van der Waals surface area contributed by atoms with Crippen molar-refractivity contribution in [2.45, 2.75) is 49.7 Å². The van der Waals surface area contributed by atoms with E-state index < -0.39 is 0 Å². The van der Waals surface area contributed by atoms with E-state index in [1.165, 1.54) is 16.1 Å². The van der Waals surface area contributed by atoms with E-state index in [1.807, 2.05) is 11.8 Å². The molecular formula is C14H21NS. The van der Waals surface area contributed by atoms with Crippen LogP contribution in [0.5, 0.6) is 0 Å². The van der Waals surface area contributed by atoms with Gasteiger partial charge in [-0.2, -0.15) is 0 Å². The lowest BCUT2D eigenvalue weighted by Crippen LogP contribution is -2.30. The summed E-state index contributed by atoms with van der Waals surface area (Å²) >= 11 is 1.98. The highest BCUT2D eigenvalue weighted by molar-refractivity contribution is 8.00. The van der Waals surface area contributed by atoms with Gasteiger partial charge < -0.3 is 5.32 Å². The lowest BCUT2D eigenvalue weighted by Gasteiger charge is -2.33. The number of thioether (sulfide) groups is 1. The monoisotopic (exact) mass is 235 g/mol. The molecule has 0 amide bonds. The van der Waals surface area contributed by atoms with E-state index in [2.05, 4.69) is 58.1 Å². The second-order valence-electron chi connectivity index (χ2n) is 6.18. The Morgan fingerprint density at radius 3 is 2.56 bits per heavy atom. The van der Waals surface area contributed by atoms with Crippen LogP contribution in [0.25, 0.3) is 0 Å². The molecule has 0 unspecified atom stereocenters. The maximum atomic E-state index is 3.51. The topological polar surface area (TPSA) is 12.0 Å². The second-order valence-corrected chi connectivity index (χ2v) is 7.93. The fourth-order valence-electron chi connectivity index (χ4n) is 1.86. The van der Waals surface area contributed by atoms with Gasteiger partial charge in [-0.05, 0) is 37.0 Å². The third-order valence-corrected chi connectivity index (χ3v) is 4.19. The van der Waals surface area contributed by atoms with Gasteiger partial charge in [-0.25, -0.2) is 0 Å². The average molecular weight is 235 g/mol. The Kier molecular flexibility index (Phi) is 2.73. The van der Waals surface area contributed by atoms with Crippen molar-refractivity contribution in [2.24, 2.45) is 0 Å². The predicted molar refractivity (Wildman–Crippen MR) is 73.6 cm³/mol. The number of anilines is 1. The lowest BCUT2D eigenvalue weighted by atomic mass is 9.87. The third kappa shape index (κ3) is 2.37. The third-order valence-electron chi connectivity index (χ3n) is 2.94. The van der Waals surface area contributed by atoms with E-state index in [-0.39, 0.29) is 5.41 Å². The van der Waals surface area contributed by atoms with E-state index in [4.69, 9.17) is 0 Å². The first-order chi connectivity index (χ1) is 7.28. The molecule has 0 spiro atoms. The van der Waals surface area contributed by atoms with Crippen LogP contribution in [0.1, 0.15) is 40.2 Å². The van der Waals surface area contributed by atoms with Gasteiger partial charge in [0.05, 0.1) is 0 Å². The molecule has 0 radical (unpaired) electrons. The summed E-state index contributed by atoms with van der Waals surface area (Å²) in [6.45, 7) is 12.4. The van der Waals surface area contributed by atoms with Crippen molar-refractivity contribution in [1.82, 2.24) is 0 Å². The summed E-state index contributed by atoms with van der Waals surface area (Å²) in [6.07, 6.45) is 0.